The second-order valence-corrected chi connectivity index (χ2v) is 4.61. The van der Waals surface area contributed by atoms with Crippen LogP contribution >= 0.6 is 0 Å². The minimum absolute atomic E-state index is 0.115. The summed E-state index contributed by atoms with van der Waals surface area (Å²) >= 11 is 0. The molecule has 0 aliphatic rings. The molecule has 0 fully saturated rings. The second kappa shape index (κ2) is 8.11. The average molecular weight is 251 g/mol. The number of ether oxygens (including phenoxy) is 2. The fraction of sp³-hybridized carbons (Fsp3) is 0.600. The molecule has 0 aliphatic carbocycles. The van der Waals surface area contributed by atoms with E-state index in [0.29, 0.717) is 12.6 Å². The fourth-order valence-corrected chi connectivity index (χ4v) is 1.63. The number of methoxy groups -OCH3 is 1. The van der Waals surface area contributed by atoms with Gasteiger partial charge < -0.3 is 14.8 Å². The first kappa shape index (κ1) is 15.0. The monoisotopic (exact) mass is 251 g/mol. The van der Waals surface area contributed by atoms with Gasteiger partial charge in [-0.3, -0.25) is 0 Å². The lowest BCUT2D eigenvalue weighted by molar-refractivity contribution is 0.0716. The number of hydrogen-bond acceptors (Lipinski definition) is 3. The van der Waals surface area contributed by atoms with E-state index in [1.165, 1.54) is 5.56 Å². The number of benzene rings is 1. The Bertz CT molecular complexity index is 341. The SMILES string of the molecule is CCCNC(C)c1cccc(OCC(C)OC)c1. The summed E-state index contributed by atoms with van der Waals surface area (Å²) in [6.45, 7) is 7.96. The van der Waals surface area contributed by atoms with Crippen molar-refractivity contribution < 1.29 is 9.47 Å². The smallest absolute Gasteiger partial charge is 0.119 e. The maximum atomic E-state index is 5.70. The Morgan fingerprint density at radius 1 is 1.28 bits per heavy atom. The minimum atomic E-state index is 0.115. The third kappa shape index (κ3) is 5.07. The lowest BCUT2D eigenvalue weighted by Crippen LogP contribution is -2.19. The van der Waals surface area contributed by atoms with Crippen molar-refractivity contribution in [2.45, 2.75) is 39.3 Å². The zero-order chi connectivity index (χ0) is 13.4. The summed E-state index contributed by atoms with van der Waals surface area (Å²) in [7, 11) is 1.70. The first-order chi connectivity index (χ1) is 8.67. The van der Waals surface area contributed by atoms with Crippen LogP contribution in [0.1, 0.15) is 38.8 Å². The molecule has 0 spiro atoms. The maximum Gasteiger partial charge on any atom is 0.119 e. The van der Waals surface area contributed by atoms with Crippen molar-refractivity contribution in [2.24, 2.45) is 0 Å². The van der Waals surface area contributed by atoms with Crippen molar-refractivity contribution >= 4 is 0 Å². The normalized spacial score (nSPS) is 14.2. The molecule has 0 aliphatic heterocycles. The van der Waals surface area contributed by atoms with Gasteiger partial charge in [-0.1, -0.05) is 19.1 Å². The second-order valence-electron chi connectivity index (χ2n) is 4.61. The molecule has 1 rings (SSSR count). The summed E-state index contributed by atoms with van der Waals surface area (Å²) in [5.41, 5.74) is 1.26. The molecular formula is C15H25NO2. The first-order valence-electron chi connectivity index (χ1n) is 6.66. The molecule has 0 bridgehead atoms. The molecule has 0 aromatic heterocycles. The molecule has 0 heterocycles. The van der Waals surface area contributed by atoms with Crippen molar-refractivity contribution in [3.8, 4) is 5.75 Å². The first-order valence-corrected chi connectivity index (χ1v) is 6.66. The third-order valence-corrected chi connectivity index (χ3v) is 2.95. The molecule has 2 unspecified atom stereocenters. The van der Waals surface area contributed by atoms with Crippen LogP contribution in [-0.4, -0.2) is 26.4 Å². The lowest BCUT2D eigenvalue weighted by atomic mass is 10.1. The van der Waals surface area contributed by atoms with Crippen LogP contribution in [0.5, 0.6) is 5.75 Å². The largest absolute Gasteiger partial charge is 0.491 e. The van der Waals surface area contributed by atoms with Gasteiger partial charge in [0.2, 0.25) is 0 Å². The summed E-state index contributed by atoms with van der Waals surface area (Å²) in [6.07, 6.45) is 1.26. The van der Waals surface area contributed by atoms with Crippen molar-refractivity contribution in [3.05, 3.63) is 29.8 Å². The summed E-state index contributed by atoms with van der Waals surface area (Å²) in [5, 5.41) is 3.47. The molecule has 0 saturated heterocycles. The standard InChI is InChI=1S/C15H25NO2/c1-5-9-16-13(3)14-7-6-8-15(10-14)18-11-12(2)17-4/h6-8,10,12-13,16H,5,9,11H2,1-4H3. The topological polar surface area (TPSA) is 30.5 Å². The molecule has 2 atom stereocenters. The zero-order valence-corrected chi connectivity index (χ0v) is 11.9. The van der Waals surface area contributed by atoms with Gasteiger partial charge in [-0.2, -0.15) is 0 Å². The van der Waals surface area contributed by atoms with E-state index >= 15 is 0 Å². The highest BCUT2D eigenvalue weighted by Crippen LogP contribution is 2.19. The highest BCUT2D eigenvalue weighted by Gasteiger charge is 2.06. The Balaban J connectivity index is 2.55. The van der Waals surface area contributed by atoms with E-state index in [4.69, 9.17) is 9.47 Å². The van der Waals surface area contributed by atoms with E-state index < -0.39 is 0 Å². The van der Waals surface area contributed by atoms with E-state index in [2.05, 4.69) is 31.3 Å². The summed E-state index contributed by atoms with van der Waals surface area (Å²) in [5.74, 6) is 0.904. The Morgan fingerprint density at radius 2 is 2.06 bits per heavy atom. The highest BCUT2D eigenvalue weighted by molar-refractivity contribution is 5.30. The molecule has 1 N–H and O–H groups in total. The zero-order valence-electron chi connectivity index (χ0n) is 11.9. The molecular weight excluding hydrogens is 226 g/mol. The Labute approximate surface area is 110 Å². The van der Waals surface area contributed by atoms with Gasteiger partial charge in [0.05, 0.1) is 6.10 Å². The lowest BCUT2D eigenvalue weighted by Gasteiger charge is -2.16. The molecule has 1 aromatic rings. The van der Waals surface area contributed by atoms with Crippen LogP contribution in [0.3, 0.4) is 0 Å². The number of rotatable bonds is 8. The molecule has 18 heavy (non-hydrogen) atoms. The van der Waals surface area contributed by atoms with Gasteiger partial charge in [-0.15, -0.1) is 0 Å². The predicted molar refractivity (Wildman–Crippen MR) is 75.1 cm³/mol. The molecule has 3 heteroatoms. The van der Waals surface area contributed by atoms with Crippen molar-refractivity contribution in [2.75, 3.05) is 20.3 Å². The average Bonchev–Trinajstić information content (AvgIpc) is 2.42. The van der Waals surface area contributed by atoms with Gasteiger partial charge in [0.15, 0.2) is 0 Å². The molecule has 0 radical (unpaired) electrons. The van der Waals surface area contributed by atoms with E-state index in [9.17, 15) is 0 Å². The van der Waals surface area contributed by atoms with E-state index in [0.717, 1.165) is 18.7 Å². The van der Waals surface area contributed by atoms with Gasteiger partial charge in [0.25, 0.3) is 0 Å². The Kier molecular flexibility index (Phi) is 6.76. The van der Waals surface area contributed by atoms with Gasteiger partial charge in [0, 0.05) is 13.2 Å². The van der Waals surface area contributed by atoms with E-state index in [-0.39, 0.29) is 6.10 Å². The van der Waals surface area contributed by atoms with Crippen molar-refractivity contribution in [1.29, 1.82) is 0 Å². The van der Waals surface area contributed by atoms with Crippen molar-refractivity contribution in [3.63, 3.8) is 0 Å². The van der Waals surface area contributed by atoms with E-state index in [1.54, 1.807) is 7.11 Å². The van der Waals surface area contributed by atoms with Gasteiger partial charge in [-0.25, -0.2) is 0 Å². The van der Waals surface area contributed by atoms with Crippen LogP contribution in [0.2, 0.25) is 0 Å². The molecule has 102 valence electrons. The molecule has 0 amide bonds. The maximum absolute atomic E-state index is 5.70. The predicted octanol–water partition coefficient (Wildman–Crippen LogP) is 3.16. The van der Waals surface area contributed by atoms with Gasteiger partial charge in [-0.05, 0) is 44.5 Å². The van der Waals surface area contributed by atoms with Gasteiger partial charge in [0.1, 0.15) is 12.4 Å². The fourth-order valence-electron chi connectivity index (χ4n) is 1.63. The Morgan fingerprint density at radius 3 is 2.72 bits per heavy atom. The number of nitrogens with one attached hydrogen (secondary N) is 1. The molecule has 3 nitrogen and oxygen atoms in total. The van der Waals surface area contributed by atoms with Crippen molar-refractivity contribution in [1.82, 2.24) is 5.32 Å². The summed E-state index contributed by atoms with van der Waals surface area (Å²) in [4.78, 5) is 0. The quantitative estimate of drug-likeness (QED) is 0.770. The van der Waals surface area contributed by atoms with Crippen LogP contribution in [0.4, 0.5) is 0 Å². The van der Waals surface area contributed by atoms with E-state index in [1.807, 2.05) is 19.1 Å². The minimum Gasteiger partial charge on any atom is -0.491 e. The van der Waals surface area contributed by atoms with Crippen LogP contribution < -0.4 is 10.1 Å². The van der Waals surface area contributed by atoms with Crippen LogP contribution in [0.15, 0.2) is 24.3 Å². The summed E-state index contributed by atoms with van der Waals surface area (Å²) in [6, 6.07) is 8.59. The number of hydrogen-bond donors (Lipinski definition) is 1. The summed E-state index contributed by atoms with van der Waals surface area (Å²) < 4.78 is 10.9. The highest BCUT2D eigenvalue weighted by atomic mass is 16.5. The van der Waals surface area contributed by atoms with Crippen LogP contribution in [0.25, 0.3) is 0 Å². The molecule has 0 saturated carbocycles. The van der Waals surface area contributed by atoms with Crippen LogP contribution in [0, 0.1) is 0 Å². The van der Waals surface area contributed by atoms with Crippen LogP contribution in [-0.2, 0) is 4.74 Å². The Hall–Kier alpha value is -1.06. The third-order valence-electron chi connectivity index (χ3n) is 2.95. The van der Waals surface area contributed by atoms with Gasteiger partial charge >= 0.3 is 0 Å². The molecule has 1 aromatic carbocycles.